The number of sulfonamides is 1. The van der Waals surface area contributed by atoms with Crippen molar-refractivity contribution in [3.05, 3.63) is 58.7 Å². The van der Waals surface area contributed by atoms with Gasteiger partial charge in [-0.15, -0.1) is 0 Å². The van der Waals surface area contributed by atoms with Gasteiger partial charge < -0.3 is 9.30 Å². The summed E-state index contributed by atoms with van der Waals surface area (Å²) in [5.41, 5.74) is 3.50. The van der Waals surface area contributed by atoms with E-state index in [1.165, 1.54) is 11.8 Å². The van der Waals surface area contributed by atoms with Gasteiger partial charge in [-0.25, -0.2) is 13.1 Å². The number of ether oxygens (including phenoxy) is 1. The summed E-state index contributed by atoms with van der Waals surface area (Å²) in [5, 5.41) is 11.1. The molecule has 1 N–H and O–H groups in total. The van der Waals surface area contributed by atoms with Gasteiger partial charge in [-0.2, -0.15) is 5.26 Å². The van der Waals surface area contributed by atoms with E-state index in [-0.39, 0.29) is 6.04 Å². The second-order valence-electron chi connectivity index (χ2n) is 8.69. The quantitative estimate of drug-likeness (QED) is 0.452. The minimum absolute atomic E-state index is 0.267. The van der Waals surface area contributed by atoms with Crippen molar-refractivity contribution < 1.29 is 13.2 Å². The van der Waals surface area contributed by atoms with Gasteiger partial charge in [0.2, 0.25) is 10.0 Å². The van der Waals surface area contributed by atoms with Crippen molar-refractivity contribution in [2.24, 2.45) is 0 Å². The van der Waals surface area contributed by atoms with Crippen LogP contribution < -0.4 is 9.46 Å². The first-order chi connectivity index (χ1) is 16.3. The standard InChI is InChI=1S/C25H29ClN4O3S/c1-3-12-33-25-20(16-27)14-22(15-23(25)26)30-11-7-19-13-18(4-5-24(19)30)6-9-29-10-8-21(29)17-28-34(2,31)32/h4-5,7,11,13-15,21,28H,3,6,8-10,12,17H2,1-2H3. The van der Waals surface area contributed by atoms with Crippen LogP contribution in [-0.4, -0.2) is 56.4 Å². The van der Waals surface area contributed by atoms with E-state index in [0.717, 1.165) is 48.9 Å². The number of nitriles is 1. The zero-order chi connectivity index (χ0) is 24.3. The van der Waals surface area contributed by atoms with Gasteiger partial charge in [0.15, 0.2) is 5.75 Å². The van der Waals surface area contributed by atoms with Crippen LogP contribution in [0.2, 0.25) is 5.02 Å². The molecule has 1 unspecified atom stereocenters. The lowest BCUT2D eigenvalue weighted by molar-refractivity contribution is 0.0958. The van der Waals surface area contributed by atoms with E-state index < -0.39 is 10.0 Å². The van der Waals surface area contributed by atoms with E-state index in [1.54, 1.807) is 6.07 Å². The van der Waals surface area contributed by atoms with E-state index in [2.05, 4.69) is 40.0 Å². The molecular weight excluding hydrogens is 472 g/mol. The molecule has 4 rings (SSSR count). The number of hydrogen-bond donors (Lipinski definition) is 1. The molecule has 0 bridgehead atoms. The smallest absolute Gasteiger partial charge is 0.208 e. The summed E-state index contributed by atoms with van der Waals surface area (Å²) in [6, 6.07) is 14.5. The van der Waals surface area contributed by atoms with Crippen molar-refractivity contribution in [3.63, 3.8) is 0 Å². The Balaban J connectivity index is 1.48. The lowest BCUT2D eigenvalue weighted by Gasteiger charge is -2.41. The molecule has 1 aromatic heterocycles. The van der Waals surface area contributed by atoms with Gasteiger partial charge in [-0.3, -0.25) is 4.90 Å². The molecule has 34 heavy (non-hydrogen) atoms. The van der Waals surface area contributed by atoms with Crippen LogP contribution in [0.5, 0.6) is 5.75 Å². The number of halogens is 1. The van der Waals surface area contributed by atoms with Crippen molar-refractivity contribution in [1.29, 1.82) is 5.26 Å². The molecule has 0 saturated carbocycles. The minimum Gasteiger partial charge on any atom is -0.491 e. The van der Waals surface area contributed by atoms with Crippen molar-refractivity contribution in [2.45, 2.75) is 32.2 Å². The zero-order valence-electron chi connectivity index (χ0n) is 19.4. The topological polar surface area (TPSA) is 87.4 Å². The summed E-state index contributed by atoms with van der Waals surface area (Å²) in [5.74, 6) is 0.435. The Morgan fingerprint density at radius 1 is 1.26 bits per heavy atom. The van der Waals surface area contributed by atoms with Crippen LogP contribution in [0.3, 0.4) is 0 Å². The molecule has 7 nitrogen and oxygen atoms in total. The molecule has 0 amide bonds. The lowest BCUT2D eigenvalue weighted by Crippen LogP contribution is -2.53. The Morgan fingerprint density at radius 3 is 2.76 bits per heavy atom. The Kier molecular flexibility index (Phi) is 7.48. The molecule has 1 saturated heterocycles. The minimum atomic E-state index is -3.16. The second-order valence-corrected chi connectivity index (χ2v) is 10.9. The molecule has 1 aliphatic heterocycles. The number of nitrogens with one attached hydrogen (secondary N) is 1. The third-order valence-electron chi connectivity index (χ3n) is 6.17. The number of likely N-dealkylation sites (tertiary alicyclic amines) is 1. The maximum atomic E-state index is 11.3. The summed E-state index contributed by atoms with van der Waals surface area (Å²) >= 11 is 6.46. The maximum Gasteiger partial charge on any atom is 0.208 e. The molecule has 1 atom stereocenters. The van der Waals surface area contributed by atoms with Gasteiger partial charge in [0.25, 0.3) is 0 Å². The first kappa shape index (κ1) is 24.6. The number of nitrogens with zero attached hydrogens (tertiary/aromatic N) is 3. The number of aromatic nitrogens is 1. The Labute approximate surface area is 205 Å². The molecule has 180 valence electrons. The average molecular weight is 501 g/mol. The van der Waals surface area contributed by atoms with Crippen LogP contribution in [0.1, 0.15) is 30.9 Å². The van der Waals surface area contributed by atoms with Crippen LogP contribution in [0, 0.1) is 11.3 Å². The van der Waals surface area contributed by atoms with Gasteiger partial charge >= 0.3 is 0 Å². The van der Waals surface area contributed by atoms with Gasteiger partial charge in [0.1, 0.15) is 6.07 Å². The van der Waals surface area contributed by atoms with E-state index in [1.807, 2.05) is 23.8 Å². The fourth-order valence-corrected chi connectivity index (χ4v) is 5.03. The molecule has 3 aromatic rings. The highest BCUT2D eigenvalue weighted by Crippen LogP contribution is 2.33. The summed E-state index contributed by atoms with van der Waals surface area (Å²) in [6.07, 6.45) is 5.92. The van der Waals surface area contributed by atoms with Gasteiger partial charge in [-0.05, 0) is 55.2 Å². The van der Waals surface area contributed by atoms with Gasteiger partial charge in [0.05, 0.1) is 29.0 Å². The third kappa shape index (κ3) is 5.56. The summed E-state index contributed by atoms with van der Waals surface area (Å²) in [4.78, 5) is 2.32. The molecule has 0 spiro atoms. The Morgan fingerprint density at radius 2 is 2.09 bits per heavy atom. The van der Waals surface area contributed by atoms with Crippen LogP contribution in [0.25, 0.3) is 16.6 Å². The highest BCUT2D eigenvalue weighted by atomic mass is 35.5. The number of fused-ring (bicyclic) bond motifs is 1. The van der Waals surface area contributed by atoms with Crippen LogP contribution >= 0.6 is 11.6 Å². The Bertz CT molecular complexity index is 1330. The summed E-state index contributed by atoms with van der Waals surface area (Å²) in [6.45, 7) is 4.87. The van der Waals surface area contributed by atoms with Crippen molar-refractivity contribution >= 4 is 32.5 Å². The van der Waals surface area contributed by atoms with E-state index in [4.69, 9.17) is 16.3 Å². The zero-order valence-corrected chi connectivity index (χ0v) is 21.0. The van der Waals surface area contributed by atoms with E-state index >= 15 is 0 Å². The molecular formula is C25H29ClN4O3S. The third-order valence-corrected chi connectivity index (χ3v) is 7.14. The fraction of sp³-hybridized carbons (Fsp3) is 0.400. The predicted molar refractivity (Wildman–Crippen MR) is 135 cm³/mol. The van der Waals surface area contributed by atoms with Crippen molar-refractivity contribution in [1.82, 2.24) is 14.2 Å². The first-order valence-electron chi connectivity index (χ1n) is 11.4. The molecule has 1 aliphatic rings. The normalized spacial score (nSPS) is 16.4. The van der Waals surface area contributed by atoms with Gasteiger partial charge in [0, 0.05) is 42.9 Å². The largest absolute Gasteiger partial charge is 0.491 e. The average Bonchev–Trinajstić information content (AvgIpc) is 3.19. The molecule has 0 radical (unpaired) electrons. The monoisotopic (exact) mass is 500 g/mol. The second kappa shape index (κ2) is 10.4. The molecule has 2 heterocycles. The number of hydrogen-bond acceptors (Lipinski definition) is 5. The SMILES string of the molecule is CCCOc1c(Cl)cc(-n2ccc3cc(CCN4CCC4CNS(C)(=O)=O)ccc32)cc1C#N. The fourth-order valence-electron chi connectivity index (χ4n) is 4.26. The van der Waals surface area contributed by atoms with Crippen molar-refractivity contribution in [3.8, 4) is 17.5 Å². The van der Waals surface area contributed by atoms with Crippen LogP contribution in [0.4, 0.5) is 0 Å². The maximum absolute atomic E-state index is 11.3. The lowest BCUT2D eigenvalue weighted by atomic mass is 10.0. The van der Waals surface area contributed by atoms with Gasteiger partial charge in [-0.1, -0.05) is 24.6 Å². The first-order valence-corrected chi connectivity index (χ1v) is 13.7. The molecule has 1 fully saturated rings. The predicted octanol–water partition coefficient (Wildman–Crippen LogP) is 4.11. The molecule has 9 heteroatoms. The van der Waals surface area contributed by atoms with Crippen LogP contribution in [-0.2, 0) is 16.4 Å². The highest BCUT2D eigenvalue weighted by molar-refractivity contribution is 7.88. The van der Waals surface area contributed by atoms with Crippen molar-refractivity contribution in [2.75, 3.05) is 32.5 Å². The number of benzene rings is 2. The highest BCUT2D eigenvalue weighted by Gasteiger charge is 2.27. The summed E-state index contributed by atoms with van der Waals surface area (Å²) < 4.78 is 33.0. The molecule has 0 aliphatic carbocycles. The number of rotatable bonds is 10. The Hall–Kier alpha value is -2.57. The molecule has 2 aromatic carbocycles. The van der Waals surface area contributed by atoms with E-state index in [0.29, 0.717) is 29.5 Å². The van der Waals surface area contributed by atoms with Crippen LogP contribution in [0.15, 0.2) is 42.6 Å². The summed E-state index contributed by atoms with van der Waals surface area (Å²) in [7, 11) is -3.16. The van der Waals surface area contributed by atoms with E-state index in [9.17, 15) is 13.7 Å².